The first-order chi connectivity index (χ1) is 27.0. The van der Waals surface area contributed by atoms with E-state index in [0.717, 1.165) is 0 Å². The lowest BCUT2D eigenvalue weighted by Crippen LogP contribution is -2.14. The Morgan fingerprint density at radius 3 is 0.772 bits per heavy atom. The van der Waals surface area contributed by atoms with Gasteiger partial charge in [0.2, 0.25) is 17.6 Å². The van der Waals surface area contributed by atoms with Crippen LogP contribution in [0.1, 0.15) is 0 Å². The highest BCUT2D eigenvalue weighted by Gasteiger charge is 2.17. The number of methoxy groups -OCH3 is 3. The molecule has 57 heavy (non-hydrogen) atoms. The SMILES string of the molecule is COc1ccc(NS(=O)(=O)c2ccc(N)cc2)nn1.COc1ccc(NS(=O)(=O)c2ccc(N)cc2)nn1.COc1ccc(NS(=O)(=O)c2ccc(N)cc2)nn1. The average molecular weight is 841 g/mol. The predicted octanol–water partition coefficient (Wildman–Crippen LogP) is 2.60. The van der Waals surface area contributed by atoms with E-state index in [0.29, 0.717) is 34.7 Å². The van der Waals surface area contributed by atoms with Gasteiger partial charge in [-0.25, -0.2) is 25.3 Å². The number of sulfonamides is 3. The summed E-state index contributed by atoms with van der Waals surface area (Å²) in [6.07, 6.45) is 0. The molecule has 300 valence electrons. The number of ether oxygens (including phenoxy) is 3. The van der Waals surface area contributed by atoms with Gasteiger partial charge in [0.15, 0.2) is 17.5 Å². The molecule has 6 aromatic rings. The highest BCUT2D eigenvalue weighted by molar-refractivity contribution is 7.93. The highest BCUT2D eigenvalue weighted by atomic mass is 32.2. The van der Waals surface area contributed by atoms with Crippen LogP contribution >= 0.6 is 0 Å². The summed E-state index contributed by atoms with van der Waals surface area (Å²) < 4.78 is 93.5. The molecule has 6 rings (SSSR count). The molecular weight excluding hydrogens is 805 g/mol. The van der Waals surface area contributed by atoms with E-state index < -0.39 is 30.1 Å². The van der Waals surface area contributed by atoms with E-state index in [4.69, 9.17) is 31.4 Å². The fourth-order valence-corrected chi connectivity index (χ4v) is 6.97. The fraction of sp³-hybridized carbons (Fsp3) is 0.0909. The van der Waals surface area contributed by atoms with Crippen molar-refractivity contribution < 1.29 is 39.5 Å². The smallest absolute Gasteiger partial charge is 0.263 e. The number of nitrogen functional groups attached to an aromatic ring is 3. The zero-order valence-corrected chi connectivity index (χ0v) is 32.7. The summed E-state index contributed by atoms with van der Waals surface area (Å²) in [7, 11) is -6.76. The van der Waals surface area contributed by atoms with Gasteiger partial charge in [-0.1, -0.05) is 0 Å². The summed E-state index contributed by atoms with van der Waals surface area (Å²) >= 11 is 0. The van der Waals surface area contributed by atoms with Crippen LogP contribution in [0.3, 0.4) is 0 Å². The lowest BCUT2D eigenvalue weighted by Gasteiger charge is -2.07. The van der Waals surface area contributed by atoms with Crippen LogP contribution in [0.5, 0.6) is 17.6 Å². The Bertz CT molecular complexity index is 2250. The maximum absolute atomic E-state index is 12.0. The van der Waals surface area contributed by atoms with Crippen molar-refractivity contribution >= 4 is 64.6 Å². The van der Waals surface area contributed by atoms with E-state index >= 15 is 0 Å². The molecule has 0 aliphatic rings. The van der Waals surface area contributed by atoms with Crippen molar-refractivity contribution in [3.63, 3.8) is 0 Å². The highest BCUT2D eigenvalue weighted by Crippen LogP contribution is 2.19. The third kappa shape index (κ3) is 12.8. The lowest BCUT2D eigenvalue weighted by atomic mass is 10.3. The van der Waals surface area contributed by atoms with Crippen LogP contribution in [0.4, 0.5) is 34.5 Å². The molecular formula is C33H36N12O9S3. The van der Waals surface area contributed by atoms with Crippen LogP contribution in [-0.2, 0) is 30.1 Å². The van der Waals surface area contributed by atoms with Gasteiger partial charge in [0.05, 0.1) is 36.0 Å². The van der Waals surface area contributed by atoms with E-state index in [1.807, 2.05) is 0 Å². The molecule has 0 aliphatic carbocycles. The molecule has 9 N–H and O–H groups in total. The van der Waals surface area contributed by atoms with Gasteiger partial charge in [-0.2, -0.15) is 0 Å². The molecule has 0 amide bonds. The normalized spacial score (nSPS) is 11.0. The first-order valence-electron chi connectivity index (χ1n) is 15.8. The van der Waals surface area contributed by atoms with E-state index in [1.165, 1.54) is 131 Å². The zero-order chi connectivity index (χ0) is 41.6. The summed E-state index contributed by atoms with van der Waals surface area (Å²) in [5.41, 5.74) is 18.0. The first kappa shape index (κ1) is 42.7. The Hall–Kier alpha value is -7.05. The number of aromatic nitrogens is 6. The minimum absolute atomic E-state index is 0.0966. The van der Waals surface area contributed by atoms with Gasteiger partial charge in [0.1, 0.15) is 0 Å². The van der Waals surface area contributed by atoms with Gasteiger partial charge in [0.25, 0.3) is 30.1 Å². The lowest BCUT2D eigenvalue weighted by molar-refractivity contribution is 0.392. The average Bonchev–Trinajstić information content (AvgIpc) is 3.19. The molecule has 0 fully saturated rings. The molecule has 0 saturated carbocycles. The van der Waals surface area contributed by atoms with Crippen molar-refractivity contribution in [2.24, 2.45) is 0 Å². The topological polar surface area (TPSA) is 322 Å². The number of benzene rings is 3. The van der Waals surface area contributed by atoms with Gasteiger partial charge < -0.3 is 31.4 Å². The Morgan fingerprint density at radius 1 is 0.368 bits per heavy atom. The second-order valence-corrected chi connectivity index (χ2v) is 16.0. The number of anilines is 6. The second kappa shape index (κ2) is 19.0. The van der Waals surface area contributed by atoms with Crippen LogP contribution in [0.25, 0.3) is 0 Å². The third-order valence-electron chi connectivity index (χ3n) is 6.84. The van der Waals surface area contributed by atoms with Crippen molar-refractivity contribution in [3.8, 4) is 17.6 Å². The quantitative estimate of drug-likeness (QED) is 0.0964. The summed E-state index contributed by atoms with van der Waals surface area (Å²) in [4.78, 5) is 0.290. The summed E-state index contributed by atoms with van der Waals surface area (Å²) in [6.45, 7) is 0. The van der Waals surface area contributed by atoms with E-state index in [1.54, 1.807) is 0 Å². The molecule has 0 saturated heterocycles. The molecule has 0 aliphatic heterocycles. The summed E-state index contributed by atoms with van der Waals surface area (Å²) in [5, 5.41) is 22.1. The van der Waals surface area contributed by atoms with Gasteiger partial charge in [0, 0.05) is 35.3 Å². The fourth-order valence-electron chi connectivity index (χ4n) is 3.98. The number of rotatable bonds is 12. The molecule has 3 aromatic heterocycles. The van der Waals surface area contributed by atoms with Crippen LogP contribution < -0.4 is 45.6 Å². The molecule has 0 unspecified atom stereocenters. The Balaban J connectivity index is 0.000000189. The minimum Gasteiger partial charge on any atom is -0.480 e. The van der Waals surface area contributed by atoms with Crippen molar-refractivity contribution in [2.75, 3.05) is 52.7 Å². The number of hydrogen-bond acceptors (Lipinski definition) is 18. The molecule has 0 radical (unpaired) electrons. The van der Waals surface area contributed by atoms with Gasteiger partial charge in [-0.3, -0.25) is 14.2 Å². The van der Waals surface area contributed by atoms with E-state index in [-0.39, 0.29) is 32.1 Å². The number of nitrogens with zero attached hydrogens (tertiary/aromatic N) is 6. The van der Waals surface area contributed by atoms with Crippen molar-refractivity contribution in [1.82, 2.24) is 30.6 Å². The van der Waals surface area contributed by atoms with Crippen LogP contribution in [-0.4, -0.2) is 77.2 Å². The first-order valence-corrected chi connectivity index (χ1v) is 20.3. The molecule has 24 heteroatoms. The van der Waals surface area contributed by atoms with E-state index in [9.17, 15) is 25.3 Å². The maximum Gasteiger partial charge on any atom is 0.263 e. The Kier molecular flexibility index (Phi) is 14.2. The van der Waals surface area contributed by atoms with Gasteiger partial charge in [-0.15, -0.1) is 30.6 Å². The van der Waals surface area contributed by atoms with Gasteiger partial charge >= 0.3 is 0 Å². The second-order valence-electron chi connectivity index (χ2n) is 10.9. The maximum atomic E-state index is 12.0. The molecule has 0 atom stereocenters. The Labute approximate surface area is 327 Å². The van der Waals surface area contributed by atoms with Crippen LogP contribution in [0, 0.1) is 0 Å². The minimum atomic E-state index is -3.70. The number of hydrogen-bond donors (Lipinski definition) is 6. The number of nitrogens with two attached hydrogens (primary N) is 3. The summed E-state index contributed by atoms with van der Waals surface area (Å²) in [5.74, 6) is 1.23. The van der Waals surface area contributed by atoms with Crippen molar-refractivity contribution in [2.45, 2.75) is 14.7 Å². The molecule has 0 bridgehead atoms. The van der Waals surface area contributed by atoms with Crippen LogP contribution in [0.15, 0.2) is 124 Å². The van der Waals surface area contributed by atoms with Crippen molar-refractivity contribution in [3.05, 3.63) is 109 Å². The molecule has 21 nitrogen and oxygen atoms in total. The monoisotopic (exact) mass is 840 g/mol. The largest absolute Gasteiger partial charge is 0.480 e. The standard InChI is InChI=1S/3C11H12N4O3S/c3*1-18-11-7-6-10(13-14-11)15-19(16,17)9-4-2-8(12)3-5-9/h3*2-7H,12H2,1H3,(H,13,15). The predicted molar refractivity (Wildman–Crippen MR) is 211 cm³/mol. The molecule has 3 aromatic carbocycles. The van der Waals surface area contributed by atoms with Crippen molar-refractivity contribution in [1.29, 1.82) is 0 Å². The zero-order valence-electron chi connectivity index (χ0n) is 30.2. The third-order valence-corrected chi connectivity index (χ3v) is 10.9. The van der Waals surface area contributed by atoms with Gasteiger partial charge in [-0.05, 0) is 91.0 Å². The van der Waals surface area contributed by atoms with Crippen LogP contribution in [0.2, 0.25) is 0 Å². The Morgan fingerprint density at radius 2 is 0.596 bits per heavy atom. The molecule has 0 spiro atoms. The summed E-state index contributed by atoms with van der Waals surface area (Å²) in [6, 6.07) is 26.4. The molecule has 3 heterocycles. The number of nitrogens with one attached hydrogen (secondary N) is 3. The van der Waals surface area contributed by atoms with E-state index in [2.05, 4.69) is 44.8 Å².